The number of rotatable bonds is 5. The third-order valence-electron chi connectivity index (χ3n) is 4.50. The molecule has 4 heterocycles. The highest BCUT2D eigenvalue weighted by Gasteiger charge is 2.21. The molecular weight excluding hydrogens is 409 g/mol. The molecule has 10 heteroatoms. The number of halogens is 1. The summed E-state index contributed by atoms with van der Waals surface area (Å²) in [5, 5.41) is 6.97. The lowest BCUT2D eigenvalue weighted by molar-refractivity contribution is 0.588. The van der Waals surface area contributed by atoms with E-state index in [4.69, 9.17) is 16.6 Å². The number of pyridine rings is 2. The van der Waals surface area contributed by atoms with Gasteiger partial charge in [0.05, 0.1) is 23.5 Å². The average molecular weight is 430 g/mol. The molecule has 1 aliphatic rings. The molecule has 0 radical (unpaired) electrons. The summed E-state index contributed by atoms with van der Waals surface area (Å²) in [5.74, 6) is 2.08. The lowest BCUT2D eigenvalue weighted by Gasteiger charge is -2.30. The Labute approximate surface area is 174 Å². The summed E-state index contributed by atoms with van der Waals surface area (Å²) in [4.78, 5) is 19.8. The fourth-order valence-electron chi connectivity index (χ4n) is 3.02. The Kier molecular flexibility index (Phi) is 5.39. The second-order valence-electron chi connectivity index (χ2n) is 7.11. The molecule has 0 unspecified atom stereocenters. The Morgan fingerprint density at radius 3 is 2.79 bits per heavy atom. The Balaban J connectivity index is 1.57. The van der Waals surface area contributed by atoms with Crippen molar-refractivity contribution >= 4 is 47.3 Å². The quantitative estimate of drug-likeness (QED) is 0.471. The predicted octanol–water partition coefficient (Wildman–Crippen LogP) is 3.34. The monoisotopic (exact) mass is 429 g/mol. The average Bonchev–Trinajstić information content (AvgIpc) is 2.70. The fourth-order valence-corrected chi connectivity index (χ4v) is 3.97. The Bertz CT molecular complexity index is 1070. The van der Waals surface area contributed by atoms with Crippen molar-refractivity contribution in [3.8, 4) is 0 Å². The molecule has 0 amide bonds. The van der Waals surface area contributed by atoms with Gasteiger partial charge in [0, 0.05) is 31.4 Å². The van der Waals surface area contributed by atoms with Gasteiger partial charge in [0.1, 0.15) is 12.3 Å². The van der Waals surface area contributed by atoms with Crippen LogP contribution in [0, 0.1) is 0 Å². The molecule has 1 aliphatic heterocycles. The molecule has 0 atom stereocenters. The molecular formula is C19H21ClN7OP. The first-order chi connectivity index (χ1) is 13.9. The molecule has 29 heavy (non-hydrogen) atoms. The molecule has 0 spiro atoms. The van der Waals surface area contributed by atoms with Crippen LogP contribution in [0.5, 0.6) is 0 Å². The zero-order valence-electron chi connectivity index (χ0n) is 16.1. The summed E-state index contributed by atoms with van der Waals surface area (Å²) in [6, 6.07) is 7.44. The maximum absolute atomic E-state index is 12.1. The van der Waals surface area contributed by atoms with Crippen molar-refractivity contribution in [1.29, 1.82) is 0 Å². The predicted molar refractivity (Wildman–Crippen MR) is 117 cm³/mol. The maximum atomic E-state index is 12.1. The largest absolute Gasteiger partial charge is 0.365 e. The van der Waals surface area contributed by atoms with Crippen LogP contribution in [0.4, 0.5) is 23.1 Å². The van der Waals surface area contributed by atoms with Gasteiger partial charge < -0.3 is 20.1 Å². The molecule has 0 bridgehead atoms. The van der Waals surface area contributed by atoms with E-state index in [1.54, 1.807) is 38.0 Å². The fraction of sp³-hybridized carbons (Fsp3) is 0.263. The molecule has 0 fully saturated rings. The van der Waals surface area contributed by atoms with Gasteiger partial charge in [-0.3, -0.25) is 4.98 Å². The zero-order chi connectivity index (χ0) is 20.4. The van der Waals surface area contributed by atoms with Crippen LogP contribution in [0.25, 0.3) is 0 Å². The molecule has 0 aromatic carbocycles. The number of fused-ring (bicyclic) bond motifs is 1. The number of hydrogen-bond donors (Lipinski definition) is 2. The SMILES string of the molecule is CP(C)(=O)c1ccc(Nc2cnc3c(n2)N(Cc2cccnc2Cl)CCN3)cn1. The maximum Gasteiger partial charge on any atom is 0.174 e. The first kappa shape index (κ1) is 19.6. The van der Waals surface area contributed by atoms with E-state index in [2.05, 4.69) is 30.5 Å². The molecule has 8 nitrogen and oxygen atoms in total. The lowest BCUT2D eigenvalue weighted by Crippen LogP contribution is -2.35. The second-order valence-corrected chi connectivity index (χ2v) is 10.6. The number of nitrogens with zero attached hydrogens (tertiary/aromatic N) is 5. The Morgan fingerprint density at radius 2 is 2.07 bits per heavy atom. The summed E-state index contributed by atoms with van der Waals surface area (Å²) < 4.78 is 12.1. The van der Waals surface area contributed by atoms with Crippen LogP contribution in [0.1, 0.15) is 5.56 Å². The topological polar surface area (TPSA) is 95.9 Å². The molecule has 4 rings (SSSR count). The van der Waals surface area contributed by atoms with Crippen molar-refractivity contribution in [3.63, 3.8) is 0 Å². The van der Waals surface area contributed by atoms with Crippen molar-refractivity contribution in [1.82, 2.24) is 19.9 Å². The van der Waals surface area contributed by atoms with Crippen molar-refractivity contribution in [2.24, 2.45) is 0 Å². The van der Waals surface area contributed by atoms with Gasteiger partial charge in [-0.15, -0.1) is 0 Å². The first-order valence-corrected chi connectivity index (χ1v) is 12.1. The number of anilines is 4. The van der Waals surface area contributed by atoms with E-state index in [1.165, 1.54) is 0 Å². The van der Waals surface area contributed by atoms with E-state index < -0.39 is 7.14 Å². The summed E-state index contributed by atoms with van der Waals surface area (Å²) in [6.45, 7) is 5.54. The standard InChI is InChI=1S/C19H21ClN7OP/c1-29(2,28)16-6-5-14(10-23-16)25-15-11-24-18-19(26-15)27(9-8-22-18)12-13-4-3-7-21-17(13)20/h3-7,10-11H,8-9,12H2,1-2H3,(H,22,24)(H,25,26). The third-order valence-corrected chi connectivity index (χ3v) is 6.21. The van der Waals surface area contributed by atoms with E-state index in [1.807, 2.05) is 18.2 Å². The van der Waals surface area contributed by atoms with E-state index in [9.17, 15) is 4.57 Å². The van der Waals surface area contributed by atoms with Crippen LogP contribution in [0.2, 0.25) is 5.15 Å². The summed E-state index contributed by atoms with van der Waals surface area (Å²) in [5.41, 5.74) is 2.29. The molecule has 0 saturated heterocycles. The molecule has 150 valence electrons. The minimum atomic E-state index is -2.38. The van der Waals surface area contributed by atoms with Crippen LogP contribution in [0.3, 0.4) is 0 Å². The minimum absolute atomic E-state index is 0.491. The van der Waals surface area contributed by atoms with Gasteiger partial charge in [0.2, 0.25) is 0 Å². The smallest absolute Gasteiger partial charge is 0.174 e. The number of nitrogens with one attached hydrogen (secondary N) is 2. The summed E-state index contributed by atoms with van der Waals surface area (Å²) >= 11 is 6.23. The van der Waals surface area contributed by atoms with Crippen molar-refractivity contribution in [2.45, 2.75) is 6.54 Å². The van der Waals surface area contributed by atoms with Gasteiger partial charge in [0.25, 0.3) is 0 Å². The van der Waals surface area contributed by atoms with Crippen molar-refractivity contribution in [2.75, 3.05) is 42.0 Å². The van der Waals surface area contributed by atoms with Crippen molar-refractivity contribution in [3.05, 3.63) is 53.6 Å². The number of aromatic nitrogens is 4. The second kappa shape index (κ2) is 7.97. The van der Waals surface area contributed by atoms with E-state index >= 15 is 0 Å². The van der Waals surface area contributed by atoms with Gasteiger partial charge in [0.15, 0.2) is 17.5 Å². The highest BCUT2D eigenvalue weighted by atomic mass is 35.5. The van der Waals surface area contributed by atoms with Gasteiger partial charge in [-0.1, -0.05) is 17.7 Å². The molecule has 3 aromatic rings. The van der Waals surface area contributed by atoms with Gasteiger partial charge in [-0.25, -0.2) is 15.0 Å². The summed E-state index contributed by atoms with van der Waals surface area (Å²) in [7, 11) is -2.38. The van der Waals surface area contributed by atoms with Crippen LogP contribution in [-0.4, -0.2) is 46.4 Å². The highest BCUT2D eigenvalue weighted by molar-refractivity contribution is 7.69. The van der Waals surface area contributed by atoms with Gasteiger partial charge >= 0.3 is 0 Å². The molecule has 0 saturated carbocycles. The van der Waals surface area contributed by atoms with E-state index in [0.29, 0.717) is 23.0 Å². The summed E-state index contributed by atoms with van der Waals surface area (Å²) in [6.07, 6.45) is 5.00. The molecule has 0 aliphatic carbocycles. The van der Waals surface area contributed by atoms with E-state index in [-0.39, 0.29) is 0 Å². The minimum Gasteiger partial charge on any atom is -0.365 e. The van der Waals surface area contributed by atoms with Crippen LogP contribution in [0.15, 0.2) is 42.9 Å². The zero-order valence-corrected chi connectivity index (χ0v) is 17.8. The van der Waals surface area contributed by atoms with Crippen LogP contribution < -0.4 is 21.0 Å². The van der Waals surface area contributed by atoms with E-state index in [0.717, 1.165) is 36.0 Å². The number of hydrogen-bond acceptors (Lipinski definition) is 8. The molecule has 3 aromatic heterocycles. The van der Waals surface area contributed by atoms with Gasteiger partial charge in [-0.05, 0) is 31.5 Å². The molecule has 2 N–H and O–H groups in total. The third kappa shape index (κ3) is 4.49. The Morgan fingerprint density at radius 1 is 1.21 bits per heavy atom. The van der Waals surface area contributed by atoms with Crippen LogP contribution in [-0.2, 0) is 11.1 Å². The van der Waals surface area contributed by atoms with Crippen LogP contribution >= 0.6 is 18.7 Å². The Hall–Kier alpha value is -2.70. The highest BCUT2D eigenvalue weighted by Crippen LogP contribution is 2.34. The lowest BCUT2D eigenvalue weighted by atomic mass is 10.2. The normalized spacial score (nSPS) is 13.6. The van der Waals surface area contributed by atoms with Crippen molar-refractivity contribution < 1.29 is 4.57 Å². The first-order valence-electron chi connectivity index (χ1n) is 9.14. The van der Waals surface area contributed by atoms with Gasteiger partial charge in [-0.2, -0.15) is 0 Å².